The van der Waals surface area contributed by atoms with Gasteiger partial charge in [0.05, 0.1) is 26.1 Å². The van der Waals surface area contributed by atoms with Crippen molar-refractivity contribution in [2.75, 3.05) is 31.3 Å². The Labute approximate surface area is 125 Å². The van der Waals surface area contributed by atoms with Crippen molar-refractivity contribution in [3.05, 3.63) is 0 Å². The van der Waals surface area contributed by atoms with E-state index in [0.29, 0.717) is 44.0 Å². The molecule has 0 heterocycles. The minimum Gasteiger partial charge on any atom is -0.463 e. The third-order valence-electron chi connectivity index (χ3n) is 2.18. The number of esters is 2. The van der Waals surface area contributed by atoms with Crippen LogP contribution in [0.15, 0.2) is 0 Å². The summed E-state index contributed by atoms with van der Waals surface area (Å²) in [5, 5.41) is 0. The number of carbonyl (C=O) groups is 2. The van der Waals surface area contributed by atoms with Gasteiger partial charge in [-0.05, 0) is 6.42 Å². The van der Waals surface area contributed by atoms with Crippen LogP contribution < -0.4 is 0 Å². The predicted octanol–water partition coefficient (Wildman–Crippen LogP) is 1.51. The van der Waals surface area contributed by atoms with Crippen LogP contribution in [-0.2, 0) is 23.8 Å². The van der Waals surface area contributed by atoms with E-state index in [-0.39, 0.29) is 24.6 Å². The standard InChI is InChI=1S/C12H22O5S2/c1-2-10(17-12(14)4-8-19)9-15-5-6-16-11(13)3-7-18/h10,18-19H,2-9H2,1H3. The lowest BCUT2D eigenvalue weighted by Crippen LogP contribution is -2.24. The quantitative estimate of drug-likeness (QED) is 0.344. The van der Waals surface area contributed by atoms with Gasteiger partial charge in [0.25, 0.3) is 0 Å². The molecule has 19 heavy (non-hydrogen) atoms. The summed E-state index contributed by atoms with van der Waals surface area (Å²) in [6.45, 7) is 2.71. The Morgan fingerprint density at radius 2 is 1.68 bits per heavy atom. The number of rotatable bonds is 11. The summed E-state index contributed by atoms with van der Waals surface area (Å²) in [6, 6.07) is 0. The molecule has 5 nitrogen and oxygen atoms in total. The minimum atomic E-state index is -0.286. The van der Waals surface area contributed by atoms with Crippen LogP contribution in [0.4, 0.5) is 0 Å². The molecule has 112 valence electrons. The Morgan fingerprint density at radius 3 is 2.26 bits per heavy atom. The van der Waals surface area contributed by atoms with Crippen molar-refractivity contribution < 1.29 is 23.8 Å². The van der Waals surface area contributed by atoms with E-state index in [1.807, 2.05) is 6.92 Å². The molecule has 0 aliphatic carbocycles. The highest BCUT2D eigenvalue weighted by atomic mass is 32.1. The van der Waals surface area contributed by atoms with Crippen molar-refractivity contribution in [1.29, 1.82) is 0 Å². The second-order valence-corrected chi connectivity index (χ2v) is 4.66. The first-order chi connectivity index (χ1) is 9.13. The van der Waals surface area contributed by atoms with E-state index in [0.717, 1.165) is 0 Å². The first-order valence-electron chi connectivity index (χ1n) is 6.28. The smallest absolute Gasteiger partial charge is 0.306 e. The molecule has 0 aliphatic heterocycles. The van der Waals surface area contributed by atoms with E-state index >= 15 is 0 Å². The molecule has 0 rings (SSSR count). The second kappa shape index (κ2) is 12.6. The zero-order valence-corrected chi connectivity index (χ0v) is 13.0. The molecular weight excluding hydrogens is 288 g/mol. The first kappa shape index (κ1) is 18.6. The van der Waals surface area contributed by atoms with E-state index < -0.39 is 0 Å². The first-order valence-corrected chi connectivity index (χ1v) is 7.55. The van der Waals surface area contributed by atoms with E-state index in [1.54, 1.807) is 0 Å². The van der Waals surface area contributed by atoms with Crippen molar-refractivity contribution in [2.45, 2.75) is 32.3 Å². The summed E-state index contributed by atoms with van der Waals surface area (Å²) in [4.78, 5) is 22.3. The lowest BCUT2D eigenvalue weighted by atomic mass is 10.3. The third-order valence-corrected chi connectivity index (χ3v) is 2.63. The van der Waals surface area contributed by atoms with E-state index in [4.69, 9.17) is 14.2 Å². The summed E-state index contributed by atoms with van der Waals surface area (Å²) in [5.74, 6) is 0.382. The van der Waals surface area contributed by atoms with Gasteiger partial charge < -0.3 is 14.2 Å². The maximum absolute atomic E-state index is 11.3. The Hall–Kier alpha value is -0.400. The molecule has 0 aromatic rings. The molecule has 0 saturated carbocycles. The van der Waals surface area contributed by atoms with Gasteiger partial charge in [-0.15, -0.1) is 0 Å². The molecule has 1 unspecified atom stereocenters. The van der Waals surface area contributed by atoms with E-state index in [9.17, 15) is 9.59 Å². The largest absolute Gasteiger partial charge is 0.463 e. The Bertz CT molecular complexity index is 261. The van der Waals surface area contributed by atoms with Gasteiger partial charge in [-0.2, -0.15) is 25.3 Å². The van der Waals surface area contributed by atoms with Gasteiger partial charge in [-0.25, -0.2) is 0 Å². The average molecular weight is 310 g/mol. The third kappa shape index (κ3) is 11.1. The van der Waals surface area contributed by atoms with Gasteiger partial charge in [0, 0.05) is 11.5 Å². The summed E-state index contributed by atoms with van der Waals surface area (Å²) < 4.78 is 15.4. The van der Waals surface area contributed by atoms with Crippen molar-refractivity contribution in [3.63, 3.8) is 0 Å². The highest BCUT2D eigenvalue weighted by Crippen LogP contribution is 2.02. The SMILES string of the molecule is CCC(COCCOC(=O)CCS)OC(=O)CCS. The van der Waals surface area contributed by atoms with E-state index in [1.165, 1.54) is 0 Å². The maximum atomic E-state index is 11.3. The average Bonchev–Trinajstić information content (AvgIpc) is 2.37. The Kier molecular flexibility index (Phi) is 12.4. The number of hydrogen-bond donors (Lipinski definition) is 2. The molecule has 0 aromatic carbocycles. The molecular formula is C12H22O5S2. The molecule has 0 N–H and O–H groups in total. The van der Waals surface area contributed by atoms with Crippen molar-refractivity contribution >= 4 is 37.2 Å². The fourth-order valence-corrected chi connectivity index (χ4v) is 1.53. The molecule has 0 aromatic heterocycles. The van der Waals surface area contributed by atoms with Gasteiger partial charge >= 0.3 is 11.9 Å². The summed E-state index contributed by atoms with van der Waals surface area (Å²) in [6.07, 6.45) is 1.00. The second-order valence-electron chi connectivity index (χ2n) is 3.76. The van der Waals surface area contributed by atoms with Crippen molar-refractivity contribution in [2.24, 2.45) is 0 Å². The Morgan fingerprint density at radius 1 is 1.05 bits per heavy atom. The molecule has 0 aliphatic rings. The molecule has 0 fully saturated rings. The molecule has 0 bridgehead atoms. The number of carbonyl (C=O) groups excluding carboxylic acids is 2. The fraction of sp³-hybridized carbons (Fsp3) is 0.833. The Balaban J connectivity index is 3.61. The lowest BCUT2D eigenvalue weighted by molar-refractivity contribution is -0.152. The van der Waals surface area contributed by atoms with Crippen LogP contribution in [0.3, 0.4) is 0 Å². The van der Waals surface area contributed by atoms with Gasteiger partial charge in [0.15, 0.2) is 0 Å². The van der Waals surface area contributed by atoms with Gasteiger partial charge in [0.1, 0.15) is 12.7 Å². The fourth-order valence-electron chi connectivity index (χ4n) is 1.16. The van der Waals surface area contributed by atoms with Crippen molar-refractivity contribution in [1.82, 2.24) is 0 Å². The number of hydrogen-bond acceptors (Lipinski definition) is 7. The van der Waals surface area contributed by atoms with E-state index in [2.05, 4.69) is 25.3 Å². The zero-order valence-electron chi connectivity index (χ0n) is 11.2. The predicted molar refractivity (Wildman–Crippen MR) is 78.9 cm³/mol. The monoisotopic (exact) mass is 310 g/mol. The van der Waals surface area contributed by atoms with Crippen LogP contribution in [-0.4, -0.2) is 49.4 Å². The molecule has 7 heteroatoms. The highest BCUT2D eigenvalue weighted by molar-refractivity contribution is 7.80. The summed E-state index contributed by atoms with van der Waals surface area (Å²) in [7, 11) is 0. The van der Waals surface area contributed by atoms with Gasteiger partial charge in [0.2, 0.25) is 0 Å². The van der Waals surface area contributed by atoms with Crippen LogP contribution in [0.25, 0.3) is 0 Å². The zero-order chi connectivity index (χ0) is 14.5. The van der Waals surface area contributed by atoms with Crippen molar-refractivity contribution in [3.8, 4) is 0 Å². The van der Waals surface area contributed by atoms with Crippen LogP contribution in [0.1, 0.15) is 26.2 Å². The topological polar surface area (TPSA) is 61.8 Å². The van der Waals surface area contributed by atoms with Crippen LogP contribution in [0.5, 0.6) is 0 Å². The lowest BCUT2D eigenvalue weighted by Gasteiger charge is -2.16. The summed E-state index contributed by atoms with van der Waals surface area (Å²) in [5.41, 5.74) is 0. The number of thiol groups is 2. The molecule has 0 spiro atoms. The van der Waals surface area contributed by atoms with Crippen LogP contribution in [0, 0.1) is 0 Å². The molecule has 0 radical (unpaired) electrons. The number of ether oxygens (including phenoxy) is 3. The normalized spacial score (nSPS) is 11.9. The van der Waals surface area contributed by atoms with Crippen LogP contribution in [0.2, 0.25) is 0 Å². The highest BCUT2D eigenvalue weighted by Gasteiger charge is 2.12. The molecule has 0 saturated heterocycles. The molecule has 0 amide bonds. The van der Waals surface area contributed by atoms with Gasteiger partial charge in [-0.1, -0.05) is 6.92 Å². The van der Waals surface area contributed by atoms with Gasteiger partial charge in [-0.3, -0.25) is 9.59 Å². The van der Waals surface area contributed by atoms with Crippen LogP contribution >= 0.6 is 25.3 Å². The minimum absolute atomic E-state index is 0.202. The molecule has 1 atom stereocenters. The summed E-state index contributed by atoms with van der Waals surface area (Å²) >= 11 is 7.89. The maximum Gasteiger partial charge on any atom is 0.306 e.